The van der Waals surface area contributed by atoms with Gasteiger partial charge in [0.2, 0.25) is 0 Å². The predicted octanol–water partition coefficient (Wildman–Crippen LogP) is 4.29. The zero-order valence-electron chi connectivity index (χ0n) is 11.5. The summed E-state index contributed by atoms with van der Waals surface area (Å²) in [4.78, 5) is 23.5. The Morgan fingerprint density at radius 2 is 2.05 bits per heavy atom. The van der Waals surface area contributed by atoms with Crippen LogP contribution in [0.1, 0.15) is 22.2 Å². The van der Waals surface area contributed by atoms with Gasteiger partial charge in [-0.1, -0.05) is 29.5 Å². The molecular formula is C14H13NO4S2. The smallest absolute Gasteiger partial charge is 0.348 e. The van der Waals surface area contributed by atoms with E-state index in [9.17, 15) is 14.9 Å². The number of hydrogen-bond acceptors (Lipinski definition) is 6. The van der Waals surface area contributed by atoms with E-state index in [1.807, 2.05) is 31.2 Å². The van der Waals surface area contributed by atoms with Gasteiger partial charge < -0.3 is 4.74 Å². The van der Waals surface area contributed by atoms with Crippen LogP contribution in [0.15, 0.2) is 39.4 Å². The fraction of sp³-hybridized carbons (Fsp3) is 0.214. The van der Waals surface area contributed by atoms with Gasteiger partial charge in [0.25, 0.3) is 5.69 Å². The summed E-state index contributed by atoms with van der Waals surface area (Å²) in [6.07, 6.45) is 0. The highest BCUT2D eigenvalue weighted by atomic mass is 32.2. The second-order valence-electron chi connectivity index (χ2n) is 4.18. The maximum atomic E-state index is 11.7. The third-order valence-electron chi connectivity index (χ3n) is 2.58. The van der Waals surface area contributed by atoms with Gasteiger partial charge in [0.05, 0.1) is 11.5 Å². The van der Waals surface area contributed by atoms with Crippen LogP contribution in [0.25, 0.3) is 0 Å². The van der Waals surface area contributed by atoms with Crippen LogP contribution in [0.4, 0.5) is 5.69 Å². The maximum Gasteiger partial charge on any atom is 0.348 e. The second kappa shape index (κ2) is 6.73. The lowest BCUT2D eigenvalue weighted by atomic mass is 10.2. The summed E-state index contributed by atoms with van der Waals surface area (Å²) in [6.45, 7) is 3.91. The van der Waals surface area contributed by atoms with Gasteiger partial charge in [-0.25, -0.2) is 4.79 Å². The zero-order valence-corrected chi connectivity index (χ0v) is 13.1. The van der Waals surface area contributed by atoms with Crippen molar-refractivity contribution < 1.29 is 14.5 Å². The first-order valence-electron chi connectivity index (χ1n) is 6.21. The summed E-state index contributed by atoms with van der Waals surface area (Å²) >= 11 is 2.36. The van der Waals surface area contributed by atoms with E-state index in [4.69, 9.17) is 4.74 Å². The zero-order chi connectivity index (χ0) is 15.4. The number of benzene rings is 1. The van der Waals surface area contributed by atoms with Crippen molar-refractivity contribution in [2.24, 2.45) is 0 Å². The number of hydrogen-bond donors (Lipinski definition) is 0. The molecule has 2 aromatic rings. The normalized spacial score (nSPS) is 10.4. The summed E-state index contributed by atoms with van der Waals surface area (Å²) in [6, 6.07) is 8.95. The van der Waals surface area contributed by atoms with Crippen LogP contribution >= 0.6 is 23.1 Å². The quantitative estimate of drug-likeness (QED) is 0.466. The highest BCUT2D eigenvalue weighted by Crippen LogP contribution is 2.41. The van der Waals surface area contributed by atoms with E-state index in [1.54, 1.807) is 6.92 Å². The molecule has 0 aliphatic heterocycles. The molecule has 0 fully saturated rings. The highest BCUT2D eigenvalue weighted by Gasteiger charge is 2.23. The molecule has 0 unspecified atom stereocenters. The van der Waals surface area contributed by atoms with Crippen LogP contribution in [0, 0.1) is 17.0 Å². The highest BCUT2D eigenvalue weighted by molar-refractivity contribution is 8.01. The van der Waals surface area contributed by atoms with Crippen LogP contribution < -0.4 is 0 Å². The third kappa shape index (κ3) is 3.83. The Bertz CT molecular complexity index is 664. The molecule has 0 N–H and O–H groups in total. The number of esters is 1. The molecule has 7 heteroatoms. The molecule has 0 amide bonds. The molecule has 0 radical (unpaired) electrons. The van der Waals surface area contributed by atoms with E-state index in [-0.39, 0.29) is 17.2 Å². The van der Waals surface area contributed by atoms with E-state index >= 15 is 0 Å². The van der Waals surface area contributed by atoms with Crippen molar-refractivity contribution in [3.8, 4) is 0 Å². The SMILES string of the molecule is CCOC(=O)c1cc([N+](=O)[O-])c(Sc2ccc(C)cc2)s1. The van der Waals surface area contributed by atoms with Crippen LogP contribution in [0.3, 0.4) is 0 Å². The fourth-order valence-corrected chi connectivity index (χ4v) is 3.78. The summed E-state index contributed by atoms with van der Waals surface area (Å²) in [5, 5.41) is 11.1. The monoisotopic (exact) mass is 323 g/mol. The Kier molecular flexibility index (Phi) is 4.98. The van der Waals surface area contributed by atoms with Crippen LogP contribution in [0.5, 0.6) is 0 Å². The number of thiophene rings is 1. The predicted molar refractivity (Wildman–Crippen MR) is 82.2 cm³/mol. The first kappa shape index (κ1) is 15.5. The molecule has 1 aromatic carbocycles. The summed E-state index contributed by atoms with van der Waals surface area (Å²) in [5.74, 6) is -0.527. The van der Waals surface area contributed by atoms with Gasteiger partial charge in [0, 0.05) is 11.0 Å². The van der Waals surface area contributed by atoms with E-state index in [0.29, 0.717) is 4.21 Å². The van der Waals surface area contributed by atoms with Gasteiger partial charge in [0.1, 0.15) is 9.09 Å². The minimum Gasteiger partial charge on any atom is -0.462 e. The van der Waals surface area contributed by atoms with Crippen LogP contribution in [-0.2, 0) is 4.74 Å². The summed E-state index contributed by atoms with van der Waals surface area (Å²) in [5.41, 5.74) is 1.06. The molecule has 5 nitrogen and oxygen atoms in total. The van der Waals surface area contributed by atoms with Gasteiger partial charge in [-0.2, -0.15) is 0 Å². The van der Waals surface area contributed by atoms with Crippen molar-refractivity contribution in [3.63, 3.8) is 0 Å². The Labute approximate surface area is 130 Å². The lowest BCUT2D eigenvalue weighted by Gasteiger charge is -1.99. The number of nitro groups is 1. The van der Waals surface area contributed by atoms with E-state index in [1.165, 1.54) is 17.8 Å². The number of carbonyl (C=O) groups excluding carboxylic acids is 1. The van der Waals surface area contributed by atoms with E-state index in [2.05, 4.69) is 0 Å². The second-order valence-corrected chi connectivity index (χ2v) is 6.57. The third-order valence-corrected chi connectivity index (χ3v) is 4.89. The molecule has 0 saturated heterocycles. The van der Waals surface area contributed by atoms with Gasteiger partial charge in [-0.05, 0) is 26.0 Å². The first-order valence-corrected chi connectivity index (χ1v) is 7.84. The molecule has 0 aliphatic carbocycles. The first-order chi connectivity index (χ1) is 10.0. The van der Waals surface area contributed by atoms with Crippen molar-refractivity contribution in [1.29, 1.82) is 0 Å². The average Bonchev–Trinajstić information content (AvgIpc) is 2.86. The average molecular weight is 323 g/mol. The number of aryl methyl sites for hydroxylation is 1. The number of rotatable bonds is 5. The van der Waals surface area contributed by atoms with Crippen LogP contribution in [-0.4, -0.2) is 17.5 Å². The number of carbonyl (C=O) groups is 1. The van der Waals surface area contributed by atoms with Crippen molar-refractivity contribution in [2.75, 3.05) is 6.61 Å². The topological polar surface area (TPSA) is 69.4 Å². The van der Waals surface area contributed by atoms with E-state index in [0.717, 1.165) is 21.8 Å². The molecule has 2 rings (SSSR count). The van der Waals surface area contributed by atoms with Crippen molar-refractivity contribution in [1.82, 2.24) is 0 Å². The molecular weight excluding hydrogens is 310 g/mol. The minimum atomic E-state index is -0.527. The molecule has 0 bridgehead atoms. The fourth-order valence-electron chi connectivity index (χ4n) is 1.58. The van der Waals surface area contributed by atoms with Gasteiger partial charge in [-0.3, -0.25) is 10.1 Å². The lowest BCUT2D eigenvalue weighted by molar-refractivity contribution is -0.387. The van der Waals surface area contributed by atoms with Crippen molar-refractivity contribution in [2.45, 2.75) is 23.0 Å². The minimum absolute atomic E-state index is 0.0615. The lowest BCUT2D eigenvalue weighted by Crippen LogP contribution is -2.01. The molecule has 0 spiro atoms. The standard InChI is InChI=1S/C14H13NO4S2/c1-3-19-13(16)12-8-11(15(17)18)14(21-12)20-10-6-4-9(2)5-7-10/h4-8H,3H2,1-2H3. The molecule has 0 saturated carbocycles. The largest absolute Gasteiger partial charge is 0.462 e. The molecule has 1 aromatic heterocycles. The van der Waals surface area contributed by atoms with Gasteiger partial charge in [-0.15, -0.1) is 11.3 Å². The maximum absolute atomic E-state index is 11.7. The van der Waals surface area contributed by atoms with E-state index < -0.39 is 10.9 Å². The molecule has 0 atom stereocenters. The van der Waals surface area contributed by atoms with Crippen LogP contribution in [0.2, 0.25) is 0 Å². The molecule has 1 heterocycles. The summed E-state index contributed by atoms with van der Waals surface area (Å²) < 4.78 is 5.36. The van der Waals surface area contributed by atoms with Crippen molar-refractivity contribution in [3.05, 3.63) is 50.9 Å². The Hall–Kier alpha value is -1.86. The molecule has 0 aliphatic rings. The Balaban J connectivity index is 2.30. The number of ether oxygens (including phenoxy) is 1. The van der Waals surface area contributed by atoms with Crippen molar-refractivity contribution >= 4 is 34.8 Å². The van der Waals surface area contributed by atoms with Gasteiger partial charge in [0.15, 0.2) is 0 Å². The Morgan fingerprint density at radius 3 is 2.62 bits per heavy atom. The molecule has 21 heavy (non-hydrogen) atoms. The molecule has 110 valence electrons. The Morgan fingerprint density at radius 1 is 1.38 bits per heavy atom. The summed E-state index contributed by atoms with van der Waals surface area (Å²) in [7, 11) is 0. The van der Waals surface area contributed by atoms with Gasteiger partial charge >= 0.3 is 5.97 Å². The number of nitrogens with zero attached hydrogens (tertiary/aromatic N) is 1.